The van der Waals surface area contributed by atoms with Crippen LogP contribution in [0.25, 0.3) is 11.0 Å². The third-order valence-electron chi connectivity index (χ3n) is 4.30. The van der Waals surface area contributed by atoms with E-state index in [1.807, 2.05) is 13.8 Å². The second-order valence-electron chi connectivity index (χ2n) is 5.65. The van der Waals surface area contributed by atoms with Gasteiger partial charge < -0.3 is 4.98 Å². The molecule has 0 unspecified atom stereocenters. The van der Waals surface area contributed by atoms with Crippen LogP contribution in [0.15, 0.2) is 16.9 Å². The van der Waals surface area contributed by atoms with Gasteiger partial charge in [0.1, 0.15) is 11.6 Å². The topological polar surface area (TPSA) is 61.6 Å². The van der Waals surface area contributed by atoms with E-state index in [0.717, 1.165) is 25.7 Å². The number of aromatic nitrogens is 2. The maximum Gasteiger partial charge on any atom is 0.326 e. The summed E-state index contributed by atoms with van der Waals surface area (Å²) in [6, 6.07) is 5.02. The molecule has 5 heteroatoms. The molecule has 1 aromatic heterocycles. The van der Waals surface area contributed by atoms with Crippen LogP contribution in [-0.2, 0) is 0 Å². The van der Waals surface area contributed by atoms with E-state index >= 15 is 0 Å². The van der Waals surface area contributed by atoms with Crippen molar-refractivity contribution in [2.75, 3.05) is 0 Å². The summed E-state index contributed by atoms with van der Waals surface area (Å²) in [5.41, 5.74) is 0.385. The first kappa shape index (κ1) is 16.3. The van der Waals surface area contributed by atoms with Gasteiger partial charge in [-0.25, -0.2) is 9.18 Å². The Morgan fingerprint density at radius 3 is 2.50 bits per heavy atom. The second kappa shape index (κ2) is 6.78. The molecule has 118 valence electrons. The largest absolute Gasteiger partial charge is 0.326 e. The number of benzene rings is 1. The Hall–Kier alpha value is -2.09. The van der Waals surface area contributed by atoms with Crippen LogP contribution in [0.5, 0.6) is 0 Å². The number of rotatable bonds is 1. The zero-order chi connectivity index (χ0) is 16.3. The molecule has 2 aromatic rings. The molecule has 0 amide bonds. The molecule has 0 spiro atoms. The highest BCUT2D eigenvalue weighted by Crippen LogP contribution is 2.33. The molecule has 1 heterocycles. The molecule has 0 aliphatic heterocycles. The monoisotopic (exact) mass is 303 g/mol. The standard InChI is InChI=1S/C15H16FN3O.C2H6/c1-9-2-5-11(6-3-9)19-12-7-4-10(8-17)13(16)14(12)18-15(19)20;1-2/h4,7,9,11H,2-3,5-6H2,1H3,(H,18,20);1-2H3. The lowest BCUT2D eigenvalue weighted by molar-refractivity contribution is 0.290. The molecule has 0 atom stereocenters. The van der Waals surface area contributed by atoms with E-state index in [0.29, 0.717) is 11.4 Å². The molecular formula is C17H22FN3O. The smallest absolute Gasteiger partial charge is 0.303 e. The van der Waals surface area contributed by atoms with Crippen molar-refractivity contribution >= 4 is 11.0 Å². The lowest BCUT2D eigenvalue weighted by atomic mass is 9.87. The van der Waals surface area contributed by atoms with E-state index in [-0.39, 0.29) is 22.8 Å². The number of nitrogens with one attached hydrogen (secondary N) is 1. The van der Waals surface area contributed by atoms with E-state index in [4.69, 9.17) is 5.26 Å². The number of hydrogen-bond donors (Lipinski definition) is 1. The minimum atomic E-state index is -0.634. The summed E-state index contributed by atoms with van der Waals surface area (Å²) in [6.45, 7) is 6.22. The average molecular weight is 303 g/mol. The van der Waals surface area contributed by atoms with Gasteiger partial charge in [0.15, 0.2) is 5.82 Å². The van der Waals surface area contributed by atoms with Gasteiger partial charge >= 0.3 is 5.69 Å². The SMILES string of the molecule is CC.CC1CCC(n2c(=O)[nH]c3c(F)c(C#N)ccc32)CC1. The molecule has 1 fully saturated rings. The molecule has 22 heavy (non-hydrogen) atoms. The zero-order valence-corrected chi connectivity index (χ0v) is 13.3. The maximum atomic E-state index is 14.1. The average Bonchev–Trinajstić information content (AvgIpc) is 2.88. The number of nitriles is 1. The van der Waals surface area contributed by atoms with Crippen molar-refractivity contribution in [2.24, 2.45) is 5.92 Å². The summed E-state index contributed by atoms with van der Waals surface area (Å²) >= 11 is 0. The van der Waals surface area contributed by atoms with E-state index < -0.39 is 5.82 Å². The van der Waals surface area contributed by atoms with Crippen LogP contribution >= 0.6 is 0 Å². The highest BCUT2D eigenvalue weighted by atomic mass is 19.1. The molecule has 0 radical (unpaired) electrons. The van der Waals surface area contributed by atoms with Gasteiger partial charge in [0.2, 0.25) is 0 Å². The van der Waals surface area contributed by atoms with E-state index in [1.54, 1.807) is 16.7 Å². The van der Waals surface area contributed by atoms with Crippen molar-refractivity contribution in [1.82, 2.24) is 9.55 Å². The summed E-state index contributed by atoms with van der Waals surface area (Å²) in [5.74, 6) is 0.0547. The van der Waals surface area contributed by atoms with E-state index in [1.165, 1.54) is 6.07 Å². The summed E-state index contributed by atoms with van der Waals surface area (Å²) in [6.07, 6.45) is 4.05. The Kier molecular flexibility index (Phi) is 5.02. The first-order chi connectivity index (χ1) is 10.6. The third-order valence-corrected chi connectivity index (χ3v) is 4.30. The van der Waals surface area contributed by atoms with Crippen LogP contribution in [0.2, 0.25) is 0 Å². The van der Waals surface area contributed by atoms with Crippen molar-refractivity contribution in [3.05, 3.63) is 34.0 Å². The van der Waals surface area contributed by atoms with Gasteiger partial charge in [-0.05, 0) is 43.7 Å². The molecule has 1 aliphatic carbocycles. The molecule has 1 saturated carbocycles. The quantitative estimate of drug-likeness (QED) is 0.861. The first-order valence-corrected chi connectivity index (χ1v) is 7.94. The van der Waals surface area contributed by atoms with Gasteiger partial charge in [0.05, 0.1) is 11.1 Å². The Bertz CT molecular complexity index is 746. The predicted molar refractivity (Wildman–Crippen MR) is 85.2 cm³/mol. The van der Waals surface area contributed by atoms with Crippen LogP contribution < -0.4 is 5.69 Å². The highest BCUT2D eigenvalue weighted by molar-refractivity contribution is 5.78. The molecule has 1 aliphatic rings. The van der Waals surface area contributed by atoms with Crippen molar-refractivity contribution in [2.45, 2.75) is 52.5 Å². The molecule has 0 saturated heterocycles. The van der Waals surface area contributed by atoms with Crippen LogP contribution in [0.1, 0.15) is 58.1 Å². The summed E-state index contributed by atoms with van der Waals surface area (Å²) < 4.78 is 15.7. The normalized spacial score (nSPS) is 21.0. The molecule has 0 bridgehead atoms. The predicted octanol–water partition coefficient (Wildman–Crippen LogP) is 4.12. The number of aromatic amines is 1. The van der Waals surface area contributed by atoms with Gasteiger partial charge in [0, 0.05) is 6.04 Å². The number of H-pyrrole nitrogens is 1. The Morgan fingerprint density at radius 2 is 1.91 bits per heavy atom. The van der Waals surface area contributed by atoms with Crippen molar-refractivity contribution < 1.29 is 4.39 Å². The van der Waals surface area contributed by atoms with Crippen LogP contribution in [0, 0.1) is 23.1 Å². The molecule has 1 N–H and O–H groups in total. The summed E-state index contributed by atoms with van der Waals surface area (Å²) in [4.78, 5) is 14.7. The molecule has 1 aromatic carbocycles. The van der Waals surface area contributed by atoms with Gasteiger partial charge in [0.25, 0.3) is 0 Å². The minimum absolute atomic E-state index is 0.0387. The first-order valence-electron chi connectivity index (χ1n) is 7.94. The zero-order valence-electron chi connectivity index (χ0n) is 13.3. The lowest BCUT2D eigenvalue weighted by Gasteiger charge is -2.27. The third kappa shape index (κ3) is 2.78. The highest BCUT2D eigenvalue weighted by Gasteiger charge is 2.24. The second-order valence-corrected chi connectivity index (χ2v) is 5.65. The fourth-order valence-corrected chi connectivity index (χ4v) is 3.11. The maximum absolute atomic E-state index is 14.1. The molecular weight excluding hydrogens is 281 g/mol. The van der Waals surface area contributed by atoms with Gasteiger partial charge in [-0.2, -0.15) is 5.26 Å². The number of imidazole rings is 1. The van der Waals surface area contributed by atoms with Crippen LogP contribution in [0.4, 0.5) is 4.39 Å². The van der Waals surface area contributed by atoms with Crippen LogP contribution in [-0.4, -0.2) is 9.55 Å². The fraction of sp³-hybridized carbons (Fsp3) is 0.529. The van der Waals surface area contributed by atoms with Gasteiger partial charge in [-0.1, -0.05) is 20.8 Å². The Morgan fingerprint density at radius 1 is 1.27 bits per heavy atom. The molecule has 4 nitrogen and oxygen atoms in total. The lowest BCUT2D eigenvalue weighted by Crippen LogP contribution is -2.25. The minimum Gasteiger partial charge on any atom is -0.303 e. The van der Waals surface area contributed by atoms with Crippen molar-refractivity contribution in [3.8, 4) is 6.07 Å². The fourth-order valence-electron chi connectivity index (χ4n) is 3.11. The van der Waals surface area contributed by atoms with E-state index in [2.05, 4.69) is 11.9 Å². The Balaban J connectivity index is 0.000000847. The number of halogens is 1. The summed E-state index contributed by atoms with van der Waals surface area (Å²) in [7, 11) is 0. The van der Waals surface area contributed by atoms with Crippen molar-refractivity contribution in [3.63, 3.8) is 0 Å². The number of hydrogen-bond acceptors (Lipinski definition) is 2. The summed E-state index contributed by atoms with van der Waals surface area (Å²) in [5, 5.41) is 8.84. The van der Waals surface area contributed by atoms with Crippen LogP contribution in [0.3, 0.4) is 0 Å². The van der Waals surface area contributed by atoms with Gasteiger partial charge in [-0.3, -0.25) is 4.57 Å². The Labute approximate surface area is 129 Å². The number of nitrogens with zero attached hydrogens (tertiary/aromatic N) is 2. The van der Waals surface area contributed by atoms with Gasteiger partial charge in [-0.15, -0.1) is 0 Å². The number of fused-ring (bicyclic) bond motifs is 1. The van der Waals surface area contributed by atoms with E-state index in [9.17, 15) is 9.18 Å². The van der Waals surface area contributed by atoms with Crippen molar-refractivity contribution in [1.29, 1.82) is 5.26 Å². The molecule has 3 rings (SSSR count).